The molecule has 0 aromatic carbocycles. The third-order valence-electron chi connectivity index (χ3n) is 4.75. The summed E-state index contributed by atoms with van der Waals surface area (Å²) in [5.74, 6) is 1.69. The first-order valence-corrected chi connectivity index (χ1v) is 8.38. The Morgan fingerprint density at radius 3 is 2.91 bits per heavy atom. The zero-order valence-electron chi connectivity index (χ0n) is 13.0. The summed E-state index contributed by atoms with van der Waals surface area (Å²) in [6.45, 7) is 2.12. The molecule has 3 heterocycles. The van der Waals surface area contributed by atoms with E-state index in [2.05, 4.69) is 15.5 Å². The zero-order chi connectivity index (χ0) is 15.8. The highest BCUT2D eigenvalue weighted by atomic mass is 16.5. The van der Waals surface area contributed by atoms with Gasteiger partial charge in [-0.2, -0.15) is 4.98 Å². The second-order valence-corrected chi connectivity index (χ2v) is 6.52. The molecule has 124 valence electrons. The summed E-state index contributed by atoms with van der Waals surface area (Å²) < 4.78 is 5.32. The van der Waals surface area contributed by atoms with E-state index in [1.807, 2.05) is 0 Å². The van der Waals surface area contributed by atoms with E-state index in [1.54, 1.807) is 9.80 Å². The lowest BCUT2D eigenvalue weighted by atomic mass is 10.2. The van der Waals surface area contributed by atoms with E-state index in [0.717, 1.165) is 32.1 Å². The van der Waals surface area contributed by atoms with Gasteiger partial charge < -0.3 is 19.6 Å². The lowest BCUT2D eigenvalue weighted by molar-refractivity contribution is -0.133. The van der Waals surface area contributed by atoms with Gasteiger partial charge in [0.2, 0.25) is 11.8 Å². The molecule has 1 N–H and O–H groups in total. The number of aromatic nitrogens is 2. The van der Waals surface area contributed by atoms with Crippen LogP contribution in [-0.4, -0.2) is 58.1 Å². The quantitative estimate of drug-likeness (QED) is 0.895. The Labute approximate surface area is 134 Å². The second-order valence-electron chi connectivity index (χ2n) is 6.52. The molecule has 1 saturated carbocycles. The fourth-order valence-electron chi connectivity index (χ4n) is 3.30. The van der Waals surface area contributed by atoms with Crippen LogP contribution in [0.5, 0.6) is 0 Å². The summed E-state index contributed by atoms with van der Waals surface area (Å²) in [4.78, 5) is 32.3. The molecular formula is C15H21N5O3. The number of nitrogens with zero attached hydrogens (tertiary/aromatic N) is 4. The van der Waals surface area contributed by atoms with Gasteiger partial charge in [-0.25, -0.2) is 4.79 Å². The van der Waals surface area contributed by atoms with Gasteiger partial charge in [-0.3, -0.25) is 4.79 Å². The van der Waals surface area contributed by atoms with Gasteiger partial charge in [0.05, 0.1) is 6.04 Å². The van der Waals surface area contributed by atoms with Crippen molar-refractivity contribution in [2.24, 2.45) is 0 Å². The Hall–Kier alpha value is -2.12. The minimum Gasteiger partial charge on any atom is -0.339 e. The van der Waals surface area contributed by atoms with E-state index >= 15 is 0 Å². The van der Waals surface area contributed by atoms with Crippen molar-refractivity contribution in [1.82, 2.24) is 25.3 Å². The van der Waals surface area contributed by atoms with Gasteiger partial charge in [-0.15, -0.1) is 0 Å². The van der Waals surface area contributed by atoms with Crippen LogP contribution in [0.25, 0.3) is 0 Å². The van der Waals surface area contributed by atoms with Gasteiger partial charge in [0, 0.05) is 25.6 Å². The van der Waals surface area contributed by atoms with Crippen LogP contribution < -0.4 is 5.32 Å². The molecule has 8 heteroatoms. The second kappa shape index (κ2) is 5.82. The van der Waals surface area contributed by atoms with Crippen molar-refractivity contribution in [3.05, 3.63) is 11.7 Å². The Morgan fingerprint density at radius 2 is 2.13 bits per heavy atom. The lowest BCUT2D eigenvalue weighted by Crippen LogP contribution is -2.50. The minimum absolute atomic E-state index is 0.0395. The maximum absolute atomic E-state index is 12.6. The van der Waals surface area contributed by atoms with Crippen LogP contribution >= 0.6 is 0 Å². The average molecular weight is 319 g/mol. The van der Waals surface area contributed by atoms with Crippen molar-refractivity contribution in [2.45, 2.75) is 44.1 Å². The third kappa shape index (κ3) is 2.89. The van der Waals surface area contributed by atoms with Gasteiger partial charge in [-0.1, -0.05) is 5.16 Å². The SMILES string of the molecule is O=C1NCCCN1CC(=O)N1CCC[C@@H]1c1noc(C2CC2)n1. The van der Waals surface area contributed by atoms with E-state index in [4.69, 9.17) is 4.52 Å². The maximum atomic E-state index is 12.6. The van der Waals surface area contributed by atoms with Crippen molar-refractivity contribution < 1.29 is 14.1 Å². The number of hydrogen-bond acceptors (Lipinski definition) is 5. The van der Waals surface area contributed by atoms with Crippen LogP contribution in [0.1, 0.15) is 55.8 Å². The van der Waals surface area contributed by atoms with Crippen molar-refractivity contribution in [1.29, 1.82) is 0 Å². The number of rotatable bonds is 4. The third-order valence-corrected chi connectivity index (χ3v) is 4.75. The van der Waals surface area contributed by atoms with Gasteiger partial charge in [0.1, 0.15) is 6.54 Å². The summed E-state index contributed by atoms with van der Waals surface area (Å²) in [5.41, 5.74) is 0. The maximum Gasteiger partial charge on any atom is 0.317 e. The Morgan fingerprint density at radius 1 is 1.26 bits per heavy atom. The Balaban J connectivity index is 1.43. The fraction of sp³-hybridized carbons (Fsp3) is 0.733. The lowest BCUT2D eigenvalue weighted by Gasteiger charge is -2.30. The molecule has 0 unspecified atom stereocenters. The van der Waals surface area contributed by atoms with E-state index in [9.17, 15) is 9.59 Å². The Bertz CT molecular complexity index is 612. The molecular weight excluding hydrogens is 298 g/mol. The molecule has 0 bridgehead atoms. The van der Waals surface area contributed by atoms with Crippen molar-refractivity contribution in [2.75, 3.05) is 26.2 Å². The standard InChI is InChI=1S/C15H21N5O3/c21-12(9-19-7-2-6-16-15(19)22)20-8-1-3-11(20)13-17-14(23-18-13)10-4-5-10/h10-11H,1-9H2,(H,16,22)/t11-/m1/s1. The van der Waals surface area contributed by atoms with Crippen molar-refractivity contribution in [3.63, 3.8) is 0 Å². The normalized spacial score (nSPS) is 24.9. The topological polar surface area (TPSA) is 91.6 Å². The number of carbonyl (C=O) groups is 2. The van der Waals surface area contributed by atoms with Crippen molar-refractivity contribution >= 4 is 11.9 Å². The van der Waals surface area contributed by atoms with Crippen LogP contribution in [-0.2, 0) is 4.79 Å². The molecule has 1 aromatic rings. The summed E-state index contributed by atoms with van der Waals surface area (Å²) in [5, 5.41) is 6.85. The number of nitrogens with one attached hydrogen (secondary N) is 1. The van der Waals surface area contributed by atoms with Crippen LogP contribution in [0, 0.1) is 0 Å². The molecule has 1 aromatic heterocycles. The summed E-state index contributed by atoms with van der Waals surface area (Å²) >= 11 is 0. The molecule has 0 spiro atoms. The number of carbonyl (C=O) groups excluding carboxylic acids is 2. The number of urea groups is 1. The molecule has 4 rings (SSSR count). The fourth-order valence-corrected chi connectivity index (χ4v) is 3.30. The van der Waals surface area contributed by atoms with E-state index in [-0.39, 0.29) is 24.5 Å². The van der Waals surface area contributed by atoms with Gasteiger partial charge in [0.15, 0.2) is 5.82 Å². The molecule has 2 saturated heterocycles. The average Bonchev–Trinajstić information content (AvgIpc) is 3.10. The van der Waals surface area contributed by atoms with Crippen LogP contribution in [0.3, 0.4) is 0 Å². The predicted octanol–water partition coefficient (Wildman–Crippen LogP) is 1.03. The van der Waals surface area contributed by atoms with Crippen LogP contribution in [0.4, 0.5) is 4.79 Å². The highest BCUT2D eigenvalue weighted by Gasteiger charge is 2.36. The molecule has 0 radical (unpaired) electrons. The van der Waals surface area contributed by atoms with E-state index in [0.29, 0.717) is 37.3 Å². The van der Waals surface area contributed by atoms with Crippen LogP contribution in [0.2, 0.25) is 0 Å². The number of amides is 3. The predicted molar refractivity (Wildman–Crippen MR) is 79.5 cm³/mol. The van der Waals surface area contributed by atoms with E-state index in [1.165, 1.54) is 0 Å². The number of hydrogen-bond donors (Lipinski definition) is 1. The summed E-state index contributed by atoms with van der Waals surface area (Å²) in [6.07, 6.45) is 4.87. The number of likely N-dealkylation sites (tertiary alicyclic amines) is 1. The minimum atomic E-state index is -0.157. The van der Waals surface area contributed by atoms with Gasteiger partial charge in [-0.05, 0) is 32.1 Å². The summed E-state index contributed by atoms with van der Waals surface area (Å²) in [7, 11) is 0. The molecule has 1 atom stereocenters. The largest absolute Gasteiger partial charge is 0.339 e. The molecule has 2 aliphatic heterocycles. The first-order valence-electron chi connectivity index (χ1n) is 8.38. The molecule has 3 amide bonds. The van der Waals surface area contributed by atoms with Crippen molar-refractivity contribution in [3.8, 4) is 0 Å². The Kier molecular flexibility index (Phi) is 3.66. The first-order chi connectivity index (χ1) is 11.2. The van der Waals surface area contributed by atoms with Gasteiger partial charge >= 0.3 is 6.03 Å². The van der Waals surface area contributed by atoms with Gasteiger partial charge in [0.25, 0.3) is 0 Å². The first kappa shape index (κ1) is 14.5. The molecule has 3 aliphatic rings. The molecule has 3 fully saturated rings. The highest BCUT2D eigenvalue weighted by molar-refractivity contribution is 5.84. The molecule has 8 nitrogen and oxygen atoms in total. The monoisotopic (exact) mass is 319 g/mol. The molecule has 1 aliphatic carbocycles. The smallest absolute Gasteiger partial charge is 0.317 e. The van der Waals surface area contributed by atoms with Crippen LogP contribution in [0.15, 0.2) is 4.52 Å². The molecule has 23 heavy (non-hydrogen) atoms. The van der Waals surface area contributed by atoms with E-state index < -0.39 is 0 Å². The summed E-state index contributed by atoms with van der Waals surface area (Å²) in [6, 6.07) is -0.275. The zero-order valence-corrected chi connectivity index (χ0v) is 13.0. The highest BCUT2D eigenvalue weighted by Crippen LogP contribution is 2.40.